The van der Waals surface area contributed by atoms with Crippen molar-refractivity contribution in [2.75, 3.05) is 0 Å². The van der Waals surface area contributed by atoms with Crippen molar-refractivity contribution in [1.82, 2.24) is 4.98 Å². The van der Waals surface area contributed by atoms with Crippen molar-refractivity contribution in [2.24, 2.45) is 10.9 Å². The van der Waals surface area contributed by atoms with E-state index in [-0.39, 0.29) is 32.7 Å². The second-order valence-electron chi connectivity index (χ2n) is 4.15. The fraction of sp³-hybridized carbons (Fsp3) is 0.529. The molecule has 2 nitrogen and oxygen atoms in total. The Hall–Kier alpha value is -0.336. The van der Waals surface area contributed by atoms with Crippen LogP contribution in [-0.2, 0) is 39.1 Å². The van der Waals surface area contributed by atoms with Crippen LogP contribution in [0.1, 0.15) is 59.2 Å². The van der Waals surface area contributed by atoms with Crippen molar-refractivity contribution in [3.05, 3.63) is 35.7 Å². The summed E-state index contributed by atoms with van der Waals surface area (Å²) in [6, 6.07) is 5.14. The van der Waals surface area contributed by atoms with Gasteiger partial charge in [-0.1, -0.05) is 53.3 Å². The number of nitrogens with zero attached hydrogens (tertiary/aromatic N) is 2. The summed E-state index contributed by atoms with van der Waals surface area (Å²) in [5, 5.41) is 0. The Labute approximate surface area is 150 Å². The molecule has 0 saturated carbocycles. The molecule has 1 rings (SSSR count). The van der Waals surface area contributed by atoms with Gasteiger partial charge in [0.15, 0.2) is 0 Å². The molecule has 0 aliphatic rings. The summed E-state index contributed by atoms with van der Waals surface area (Å²) in [5.41, 5.74) is 2.95. The molecule has 20 heavy (non-hydrogen) atoms. The van der Waals surface area contributed by atoms with Crippen LogP contribution in [0.3, 0.4) is 0 Å². The molecular formula is C17H27N2Y-. The van der Waals surface area contributed by atoms with Crippen LogP contribution in [0.4, 0.5) is 0 Å². The first-order valence-corrected chi connectivity index (χ1v) is 7.28. The Morgan fingerprint density at radius 2 is 2.05 bits per heavy atom. The molecule has 1 radical (unpaired) electrons. The number of aryl methyl sites for hydroxylation is 1. The quantitative estimate of drug-likeness (QED) is 0.546. The van der Waals surface area contributed by atoms with E-state index in [1.54, 1.807) is 0 Å². The van der Waals surface area contributed by atoms with E-state index in [0.717, 1.165) is 29.8 Å². The smallest absolute Gasteiger partial charge is 0.0281 e. The molecule has 0 aliphatic heterocycles. The zero-order valence-corrected chi connectivity index (χ0v) is 16.6. The van der Waals surface area contributed by atoms with Gasteiger partial charge in [0.05, 0.1) is 0 Å². The summed E-state index contributed by atoms with van der Waals surface area (Å²) >= 11 is 0. The van der Waals surface area contributed by atoms with Crippen molar-refractivity contribution in [3.63, 3.8) is 0 Å². The van der Waals surface area contributed by atoms with Crippen LogP contribution >= 0.6 is 0 Å². The molecule has 1 unspecified atom stereocenters. The molecule has 0 aromatic carbocycles. The summed E-state index contributed by atoms with van der Waals surface area (Å²) < 4.78 is 0. The van der Waals surface area contributed by atoms with E-state index in [1.807, 2.05) is 45.3 Å². The Bertz CT molecular complexity index is 394. The maximum atomic E-state index is 4.49. The SMILES string of the molecule is C/C=C(\N=CC(C)CC)c1c[c-]c(CC)cn1.CC.[Y]. The molecule has 1 atom stereocenters. The number of aromatic nitrogens is 1. The molecule has 0 amide bonds. The minimum Gasteiger partial charge on any atom is -0.381 e. The van der Waals surface area contributed by atoms with Gasteiger partial charge in [0, 0.05) is 44.6 Å². The topological polar surface area (TPSA) is 25.2 Å². The van der Waals surface area contributed by atoms with E-state index in [4.69, 9.17) is 0 Å². The van der Waals surface area contributed by atoms with Gasteiger partial charge in [0.2, 0.25) is 0 Å². The van der Waals surface area contributed by atoms with E-state index in [2.05, 4.69) is 36.8 Å². The van der Waals surface area contributed by atoms with Gasteiger partial charge in [-0.3, -0.25) is 4.99 Å². The fourth-order valence-electron chi connectivity index (χ4n) is 1.32. The minimum absolute atomic E-state index is 0. The Balaban J connectivity index is 0. The maximum absolute atomic E-state index is 4.49. The van der Waals surface area contributed by atoms with E-state index in [1.165, 1.54) is 0 Å². The van der Waals surface area contributed by atoms with E-state index < -0.39 is 0 Å². The summed E-state index contributed by atoms with van der Waals surface area (Å²) in [6.07, 6.45) is 7.92. The average molecular weight is 348 g/mol. The van der Waals surface area contributed by atoms with Gasteiger partial charge >= 0.3 is 0 Å². The van der Waals surface area contributed by atoms with Crippen molar-refractivity contribution in [3.8, 4) is 0 Å². The molecule has 0 bridgehead atoms. The van der Waals surface area contributed by atoms with Gasteiger partial charge in [0.1, 0.15) is 0 Å². The average Bonchev–Trinajstić information content (AvgIpc) is 2.50. The standard InChI is InChI=1S/C15H21N2.C2H6.Y/c1-5-12(4)10-16-14(7-3)15-9-8-13(6-2)11-17-15;1-2;/h7,9-12H,5-6H2,1-4H3;1-2H3;/q-1;;/b14-7-,16-10?;;. The van der Waals surface area contributed by atoms with Gasteiger partial charge in [-0.05, 0) is 25.0 Å². The van der Waals surface area contributed by atoms with E-state index in [9.17, 15) is 0 Å². The number of hydrogen-bond acceptors (Lipinski definition) is 2. The fourth-order valence-corrected chi connectivity index (χ4v) is 1.32. The largest absolute Gasteiger partial charge is 0.381 e. The van der Waals surface area contributed by atoms with Crippen LogP contribution in [0.2, 0.25) is 0 Å². The normalized spacial score (nSPS) is 12.4. The number of aliphatic imine (C=N–C) groups is 1. The van der Waals surface area contributed by atoms with Crippen molar-refractivity contribution in [1.29, 1.82) is 0 Å². The van der Waals surface area contributed by atoms with Crippen LogP contribution in [0, 0.1) is 12.0 Å². The number of hydrogen-bond donors (Lipinski definition) is 0. The third-order valence-electron chi connectivity index (χ3n) is 2.78. The predicted molar refractivity (Wildman–Crippen MR) is 85.4 cm³/mol. The summed E-state index contributed by atoms with van der Waals surface area (Å²) in [4.78, 5) is 8.90. The van der Waals surface area contributed by atoms with E-state index in [0.29, 0.717) is 5.92 Å². The zero-order chi connectivity index (χ0) is 14.7. The number of allylic oxidation sites excluding steroid dienone is 1. The Kier molecular flexibility index (Phi) is 15.0. The summed E-state index contributed by atoms with van der Waals surface area (Å²) in [6.45, 7) is 12.4. The summed E-state index contributed by atoms with van der Waals surface area (Å²) in [7, 11) is 0. The molecule has 0 N–H and O–H groups in total. The third kappa shape index (κ3) is 8.06. The Morgan fingerprint density at radius 3 is 2.45 bits per heavy atom. The molecule has 0 fully saturated rings. The first kappa shape index (κ1) is 22.0. The van der Waals surface area contributed by atoms with E-state index >= 15 is 0 Å². The molecule has 0 saturated heterocycles. The number of pyridine rings is 1. The molecule has 3 heteroatoms. The maximum Gasteiger partial charge on any atom is 0.0281 e. The van der Waals surface area contributed by atoms with Gasteiger partial charge in [-0.2, -0.15) is 6.07 Å². The van der Waals surface area contributed by atoms with Crippen molar-refractivity contribution in [2.45, 2.75) is 54.4 Å². The Morgan fingerprint density at radius 1 is 1.40 bits per heavy atom. The number of rotatable bonds is 5. The first-order valence-electron chi connectivity index (χ1n) is 7.28. The molecule has 1 aromatic heterocycles. The van der Waals surface area contributed by atoms with Crippen molar-refractivity contribution >= 4 is 11.9 Å². The van der Waals surface area contributed by atoms with Gasteiger partial charge < -0.3 is 4.98 Å². The van der Waals surface area contributed by atoms with Crippen LogP contribution < -0.4 is 0 Å². The second-order valence-corrected chi connectivity index (χ2v) is 4.15. The van der Waals surface area contributed by atoms with Crippen LogP contribution in [0.25, 0.3) is 5.70 Å². The van der Waals surface area contributed by atoms with Gasteiger partial charge in [0.25, 0.3) is 0 Å². The van der Waals surface area contributed by atoms with Crippen LogP contribution in [0.5, 0.6) is 0 Å². The molecule has 1 heterocycles. The van der Waals surface area contributed by atoms with Gasteiger partial charge in [-0.15, -0.1) is 11.6 Å². The molecule has 109 valence electrons. The monoisotopic (exact) mass is 348 g/mol. The van der Waals surface area contributed by atoms with Crippen LogP contribution in [0.15, 0.2) is 23.3 Å². The summed E-state index contributed by atoms with van der Waals surface area (Å²) in [5.74, 6) is 0.504. The zero-order valence-electron chi connectivity index (χ0n) is 13.8. The minimum atomic E-state index is 0. The van der Waals surface area contributed by atoms with Crippen molar-refractivity contribution < 1.29 is 32.7 Å². The second kappa shape index (κ2) is 13.6. The van der Waals surface area contributed by atoms with Gasteiger partial charge in [-0.25, -0.2) is 0 Å². The molecule has 0 spiro atoms. The molecule has 1 aromatic rings. The third-order valence-corrected chi connectivity index (χ3v) is 2.78. The molecule has 0 aliphatic carbocycles. The molecular weight excluding hydrogens is 321 g/mol. The predicted octanol–water partition coefficient (Wildman–Crippen LogP) is 4.95. The first-order chi connectivity index (χ1) is 9.21. The van der Waals surface area contributed by atoms with Crippen LogP contribution in [-0.4, -0.2) is 11.2 Å².